The van der Waals surface area contributed by atoms with Gasteiger partial charge in [-0.2, -0.15) is 0 Å². The van der Waals surface area contributed by atoms with Crippen LogP contribution in [-0.4, -0.2) is 37.1 Å². The Hall–Kier alpha value is -0.923. The van der Waals surface area contributed by atoms with Gasteiger partial charge in [0, 0.05) is 12.3 Å². The van der Waals surface area contributed by atoms with Gasteiger partial charge in [0.2, 0.25) is 0 Å². The van der Waals surface area contributed by atoms with Crippen molar-refractivity contribution >= 4 is 14.0 Å². The summed E-state index contributed by atoms with van der Waals surface area (Å²) < 4.78 is 9.75. The van der Waals surface area contributed by atoms with Gasteiger partial charge in [0.1, 0.15) is 5.75 Å². The lowest BCUT2D eigenvalue weighted by Crippen LogP contribution is -2.48. The van der Waals surface area contributed by atoms with Crippen molar-refractivity contribution in [2.45, 2.75) is 0 Å². The van der Waals surface area contributed by atoms with Crippen LogP contribution in [0.5, 0.6) is 5.75 Å². The van der Waals surface area contributed by atoms with Crippen molar-refractivity contribution in [2.75, 3.05) is 13.9 Å². The Bertz CT molecular complexity index is 279. The predicted molar refractivity (Wildman–Crippen MR) is 51.0 cm³/mol. The van der Waals surface area contributed by atoms with Gasteiger partial charge in [-0.1, -0.05) is 12.1 Å². The lowest BCUT2D eigenvalue weighted by molar-refractivity contribution is 0.0511. The summed E-state index contributed by atoms with van der Waals surface area (Å²) in [5.41, 5.74) is 0. The number of rotatable bonds is 4. The smallest absolute Gasteiger partial charge is 0.468 e. The van der Waals surface area contributed by atoms with E-state index in [2.05, 4.69) is 4.74 Å². The predicted octanol–water partition coefficient (Wildman–Crippen LogP) is -1.21. The van der Waals surface area contributed by atoms with Gasteiger partial charge in [-0.05, 0) is 12.1 Å². The maximum Gasteiger partial charge on any atom is 0.528 e. The van der Waals surface area contributed by atoms with Gasteiger partial charge in [-0.15, -0.1) is 0 Å². The van der Waals surface area contributed by atoms with Crippen LogP contribution in [0.4, 0.5) is 0 Å². The fraction of sp³-hybridized carbons (Fsp3) is 0.250. The molecule has 3 N–H and O–H groups in total. The molecular weight excluding hydrogens is 204 g/mol. The summed E-state index contributed by atoms with van der Waals surface area (Å²) in [6, 6.07) is 5.85. The molecule has 0 saturated carbocycles. The van der Waals surface area contributed by atoms with E-state index in [-0.39, 0.29) is 12.0 Å². The van der Waals surface area contributed by atoms with Crippen LogP contribution in [0.3, 0.4) is 0 Å². The zero-order valence-corrected chi connectivity index (χ0v) is 8.67. The average molecular weight is 216 g/mol. The molecular formula is C8H12O5Si. The van der Waals surface area contributed by atoms with Crippen LogP contribution < -0.4 is 9.92 Å². The first kappa shape index (κ1) is 11.2. The first-order valence-corrected chi connectivity index (χ1v) is 5.77. The third-order valence-corrected chi connectivity index (χ3v) is 2.69. The second-order valence-corrected chi connectivity index (χ2v) is 4.56. The molecule has 0 aliphatic rings. The van der Waals surface area contributed by atoms with Crippen LogP contribution in [0.2, 0.25) is 0 Å². The van der Waals surface area contributed by atoms with E-state index < -0.39 is 8.80 Å². The minimum absolute atomic E-state index is 0.113. The highest BCUT2D eigenvalue weighted by atomic mass is 28.4. The highest BCUT2D eigenvalue weighted by Gasteiger charge is 2.29. The Labute approximate surface area is 82.5 Å². The maximum absolute atomic E-state index is 8.94. The zero-order chi connectivity index (χ0) is 10.6. The lowest BCUT2D eigenvalue weighted by atomic mass is 10.3. The SMILES string of the molecule is COCOc1ccc([Si](O)(O)O)cc1. The van der Waals surface area contributed by atoms with Gasteiger partial charge >= 0.3 is 8.80 Å². The van der Waals surface area contributed by atoms with E-state index in [1.54, 1.807) is 0 Å². The molecule has 0 heterocycles. The van der Waals surface area contributed by atoms with E-state index in [1.165, 1.54) is 31.4 Å². The van der Waals surface area contributed by atoms with Crippen molar-refractivity contribution in [1.29, 1.82) is 0 Å². The molecule has 14 heavy (non-hydrogen) atoms. The zero-order valence-electron chi connectivity index (χ0n) is 7.67. The van der Waals surface area contributed by atoms with Crippen LogP contribution >= 0.6 is 0 Å². The molecule has 0 bridgehead atoms. The molecule has 0 spiro atoms. The van der Waals surface area contributed by atoms with E-state index in [1.807, 2.05) is 0 Å². The van der Waals surface area contributed by atoms with Crippen LogP contribution in [0.25, 0.3) is 0 Å². The van der Waals surface area contributed by atoms with Gasteiger partial charge in [0.15, 0.2) is 6.79 Å². The first-order valence-electron chi connectivity index (χ1n) is 3.93. The monoisotopic (exact) mass is 216 g/mol. The Morgan fingerprint density at radius 1 is 1.14 bits per heavy atom. The van der Waals surface area contributed by atoms with Crippen molar-refractivity contribution in [1.82, 2.24) is 0 Å². The topological polar surface area (TPSA) is 79.2 Å². The summed E-state index contributed by atoms with van der Waals surface area (Å²) in [5, 5.41) is 0.113. The first-order chi connectivity index (χ1) is 6.54. The van der Waals surface area contributed by atoms with Crippen LogP contribution in [0, 0.1) is 0 Å². The summed E-state index contributed by atoms with van der Waals surface area (Å²) in [4.78, 5) is 26.8. The second-order valence-electron chi connectivity index (χ2n) is 2.71. The molecule has 0 aromatic heterocycles. The summed E-state index contributed by atoms with van der Waals surface area (Å²) in [7, 11) is -2.67. The molecule has 0 saturated heterocycles. The Morgan fingerprint density at radius 2 is 1.71 bits per heavy atom. The standard InChI is InChI=1S/C8H12O5Si/c1-12-6-13-7-2-4-8(5-3-7)14(9,10)11/h2-5,9-11H,6H2,1H3. The summed E-state index contributed by atoms with van der Waals surface area (Å²) >= 11 is 0. The molecule has 1 rings (SSSR count). The third-order valence-electron chi connectivity index (χ3n) is 1.59. The van der Waals surface area contributed by atoms with Crippen molar-refractivity contribution in [3.8, 4) is 5.75 Å². The molecule has 78 valence electrons. The average Bonchev–Trinajstić information content (AvgIpc) is 2.14. The van der Waals surface area contributed by atoms with Gasteiger partial charge in [0.25, 0.3) is 0 Å². The van der Waals surface area contributed by atoms with E-state index in [4.69, 9.17) is 19.1 Å². The Balaban J connectivity index is 2.69. The molecule has 0 atom stereocenters. The lowest BCUT2D eigenvalue weighted by Gasteiger charge is -2.10. The molecule has 5 nitrogen and oxygen atoms in total. The van der Waals surface area contributed by atoms with Crippen LogP contribution in [-0.2, 0) is 4.74 Å². The summed E-state index contributed by atoms with van der Waals surface area (Å²) in [5.74, 6) is 0.536. The van der Waals surface area contributed by atoms with Gasteiger partial charge in [0.05, 0.1) is 0 Å². The van der Waals surface area contributed by atoms with E-state index in [0.717, 1.165) is 0 Å². The highest BCUT2D eigenvalue weighted by molar-refractivity contribution is 6.71. The van der Waals surface area contributed by atoms with Gasteiger partial charge in [-0.3, -0.25) is 0 Å². The highest BCUT2D eigenvalue weighted by Crippen LogP contribution is 2.08. The Kier molecular flexibility index (Phi) is 3.61. The fourth-order valence-electron chi connectivity index (χ4n) is 0.902. The molecule has 0 unspecified atom stereocenters. The van der Waals surface area contributed by atoms with Crippen molar-refractivity contribution < 1.29 is 23.9 Å². The molecule has 0 fully saturated rings. The second kappa shape index (κ2) is 4.53. The van der Waals surface area contributed by atoms with Crippen molar-refractivity contribution in [3.63, 3.8) is 0 Å². The van der Waals surface area contributed by atoms with Crippen molar-refractivity contribution in [2.24, 2.45) is 0 Å². The van der Waals surface area contributed by atoms with Crippen molar-refractivity contribution in [3.05, 3.63) is 24.3 Å². The van der Waals surface area contributed by atoms with Gasteiger partial charge in [-0.25, -0.2) is 0 Å². The molecule has 1 aromatic rings. The van der Waals surface area contributed by atoms with Crippen LogP contribution in [0.1, 0.15) is 0 Å². The molecule has 0 aliphatic carbocycles. The van der Waals surface area contributed by atoms with E-state index >= 15 is 0 Å². The minimum Gasteiger partial charge on any atom is -0.468 e. The van der Waals surface area contributed by atoms with Gasteiger partial charge < -0.3 is 23.9 Å². The number of ether oxygens (including phenoxy) is 2. The normalized spacial score (nSPS) is 11.4. The molecule has 1 aromatic carbocycles. The molecule has 0 amide bonds. The summed E-state index contributed by atoms with van der Waals surface area (Å²) in [6.45, 7) is 0.124. The number of hydrogen-bond donors (Lipinski definition) is 3. The Morgan fingerprint density at radius 3 is 2.14 bits per heavy atom. The quantitative estimate of drug-likeness (QED) is 0.435. The maximum atomic E-state index is 8.94. The molecule has 6 heteroatoms. The number of hydrogen-bond acceptors (Lipinski definition) is 5. The van der Waals surface area contributed by atoms with Crippen LogP contribution in [0.15, 0.2) is 24.3 Å². The van der Waals surface area contributed by atoms with E-state index in [9.17, 15) is 0 Å². The largest absolute Gasteiger partial charge is 0.528 e. The molecule has 0 radical (unpaired) electrons. The number of methoxy groups -OCH3 is 1. The fourth-order valence-corrected chi connectivity index (χ4v) is 1.52. The number of benzene rings is 1. The minimum atomic E-state index is -4.17. The third kappa shape index (κ3) is 3.09. The van der Waals surface area contributed by atoms with E-state index in [0.29, 0.717) is 5.75 Å². The molecule has 0 aliphatic heterocycles. The summed E-state index contributed by atoms with van der Waals surface area (Å²) in [6.07, 6.45) is 0.